The number of halogens is 2. The maximum atomic E-state index is 14.1. The summed E-state index contributed by atoms with van der Waals surface area (Å²) in [6, 6.07) is 7.34. The molecule has 1 aliphatic heterocycles. The zero-order chi connectivity index (χ0) is 20.3. The Bertz CT molecular complexity index is 1180. The molecule has 1 aliphatic carbocycles. The summed E-state index contributed by atoms with van der Waals surface area (Å²) in [6.45, 7) is 0.874. The molecule has 2 amide bonds. The van der Waals surface area contributed by atoms with Crippen LogP contribution in [0.15, 0.2) is 42.7 Å². The van der Waals surface area contributed by atoms with E-state index in [0.29, 0.717) is 28.7 Å². The van der Waals surface area contributed by atoms with Crippen molar-refractivity contribution in [2.45, 2.75) is 12.0 Å². The number of hydrogen-bond donors (Lipinski definition) is 2. The molecular weight excluding hydrogens is 399 g/mol. The number of piperidine rings is 1. The van der Waals surface area contributed by atoms with Crippen molar-refractivity contribution >= 4 is 34.3 Å². The molecule has 3 aromatic rings. The number of aromatic nitrogens is 2. The predicted octanol–water partition coefficient (Wildman–Crippen LogP) is 2.24. The van der Waals surface area contributed by atoms with Gasteiger partial charge in [0.05, 0.1) is 11.1 Å². The number of hydrogen-bond acceptors (Lipinski definition) is 3. The third kappa shape index (κ3) is 3.00. The van der Waals surface area contributed by atoms with Gasteiger partial charge in [-0.25, -0.2) is 4.39 Å². The predicted molar refractivity (Wildman–Crippen MR) is 103 cm³/mol. The third-order valence-electron chi connectivity index (χ3n) is 5.72. The molecule has 2 aliphatic rings. The quantitative estimate of drug-likeness (QED) is 0.508. The van der Waals surface area contributed by atoms with Gasteiger partial charge in [0.2, 0.25) is 0 Å². The van der Waals surface area contributed by atoms with Gasteiger partial charge in [0, 0.05) is 35.5 Å². The molecule has 7 nitrogen and oxygen atoms in total. The Hall–Kier alpha value is -3.13. The normalized spacial score (nSPS) is 22.6. The van der Waals surface area contributed by atoms with Gasteiger partial charge < -0.3 is 20.4 Å². The lowest BCUT2D eigenvalue weighted by molar-refractivity contribution is -0.605. The lowest BCUT2D eigenvalue weighted by Gasteiger charge is -2.21. The van der Waals surface area contributed by atoms with Crippen molar-refractivity contribution in [2.75, 3.05) is 13.1 Å². The highest BCUT2D eigenvalue weighted by Crippen LogP contribution is 2.50. The van der Waals surface area contributed by atoms with Crippen LogP contribution in [-0.2, 0) is 0 Å². The van der Waals surface area contributed by atoms with E-state index in [1.165, 1.54) is 30.6 Å². The number of carbonyl (C=O) groups is 2. The van der Waals surface area contributed by atoms with Gasteiger partial charge in [-0.1, -0.05) is 11.6 Å². The number of likely N-dealkylation sites (tertiary alicyclic amines) is 1. The number of H-pyrrole nitrogens is 1. The molecule has 0 unspecified atom stereocenters. The highest BCUT2D eigenvalue weighted by molar-refractivity contribution is 6.31. The number of rotatable bonds is 3. The number of nitrogens with one attached hydrogen (secondary N) is 2. The molecule has 2 N–H and O–H groups in total. The summed E-state index contributed by atoms with van der Waals surface area (Å²) in [4.78, 5) is 30.0. The summed E-state index contributed by atoms with van der Waals surface area (Å²) in [5, 5.41) is 14.9. The highest BCUT2D eigenvalue weighted by atomic mass is 35.5. The number of nitrogens with zero attached hydrogens (tertiary/aromatic N) is 2. The van der Waals surface area contributed by atoms with Crippen LogP contribution in [0.4, 0.5) is 4.39 Å². The topological polar surface area (TPSA) is 92.1 Å². The van der Waals surface area contributed by atoms with Crippen LogP contribution >= 0.6 is 11.6 Å². The molecule has 1 saturated carbocycles. The van der Waals surface area contributed by atoms with Crippen LogP contribution < -0.4 is 10.0 Å². The Labute approximate surface area is 169 Å². The Morgan fingerprint density at radius 3 is 3.00 bits per heavy atom. The molecule has 1 aromatic carbocycles. The highest BCUT2D eigenvalue weighted by Gasteiger charge is 2.62. The van der Waals surface area contributed by atoms with Gasteiger partial charge in [-0.3, -0.25) is 9.59 Å². The molecule has 2 fully saturated rings. The van der Waals surface area contributed by atoms with Gasteiger partial charge in [-0.15, -0.1) is 0 Å². The number of pyridine rings is 1. The van der Waals surface area contributed by atoms with Crippen molar-refractivity contribution in [1.82, 2.24) is 15.2 Å². The zero-order valence-electron chi connectivity index (χ0n) is 15.1. The van der Waals surface area contributed by atoms with Gasteiger partial charge >= 0.3 is 0 Å². The van der Waals surface area contributed by atoms with Crippen molar-refractivity contribution in [3.63, 3.8) is 0 Å². The van der Waals surface area contributed by atoms with Gasteiger partial charge in [0.1, 0.15) is 17.1 Å². The summed E-state index contributed by atoms with van der Waals surface area (Å²) in [5.41, 5.74) is 0.534. The van der Waals surface area contributed by atoms with Crippen molar-refractivity contribution < 1.29 is 18.7 Å². The lowest BCUT2D eigenvalue weighted by Crippen LogP contribution is -2.44. The summed E-state index contributed by atoms with van der Waals surface area (Å²) in [7, 11) is 0. The number of aromatic amines is 1. The van der Waals surface area contributed by atoms with Crippen LogP contribution in [0.2, 0.25) is 5.02 Å². The molecule has 0 spiro atoms. The molecule has 0 radical (unpaired) electrons. The van der Waals surface area contributed by atoms with Crippen LogP contribution in [0.25, 0.3) is 10.9 Å². The van der Waals surface area contributed by atoms with E-state index in [0.717, 1.165) is 6.42 Å². The largest absolute Gasteiger partial charge is 0.619 e. The van der Waals surface area contributed by atoms with Crippen LogP contribution in [-0.4, -0.2) is 40.3 Å². The summed E-state index contributed by atoms with van der Waals surface area (Å²) in [6.07, 6.45) is 3.30. The molecular formula is C20H16ClFN4O3. The summed E-state index contributed by atoms with van der Waals surface area (Å²) >= 11 is 5.88. The molecule has 9 heteroatoms. The standard InChI is InChI=1S/C20H16ClFN4O3/c21-13-4-15(22)14-6-17(23-16(14)5-13)19(28)25-9-12-7-20(12,10-25)24-18(27)11-2-1-3-26(29)8-11/h1-6,8,12,23H,7,9-10H2,(H,24,27)/t12-,20-/m1/s1. The van der Waals surface area contributed by atoms with E-state index < -0.39 is 11.4 Å². The lowest BCUT2D eigenvalue weighted by atomic mass is 10.2. The smallest absolute Gasteiger partial charge is 0.270 e. The molecule has 29 heavy (non-hydrogen) atoms. The first kappa shape index (κ1) is 17.9. The molecule has 148 valence electrons. The van der Waals surface area contributed by atoms with Gasteiger partial charge in [0.15, 0.2) is 12.4 Å². The number of benzene rings is 1. The van der Waals surface area contributed by atoms with E-state index in [4.69, 9.17) is 11.6 Å². The maximum Gasteiger partial charge on any atom is 0.270 e. The fourth-order valence-corrected chi connectivity index (χ4v) is 4.37. The molecule has 2 atom stereocenters. The van der Waals surface area contributed by atoms with Crippen LogP contribution in [0.5, 0.6) is 0 Å². The average molecular weight is 415 g/mol. The second kappa shape index (κ2) is 6.18. The second-order valence-electron chi connectivity index (χ2n) is 7.68. The van der Waals surface area contributed by atoms with E-state index in [1.54, 1.807) is 17.0 Å². The molecule has 3 heterocycles. The van der Waals surface area contributed by atoms with Crippen LogP contribution in [0.3, 0.4) is 0 Å². The Balaban J connectivity index is 1.33. The molecule has 0 bridgehead atoms. The van der Waals surface area contributed by atoms with Gasteiger partial charge in [-0.05, 0) is 30.7 Å². The first-order chi connectivity index (χ1) is 13.8. The Morgan fingerprint density at radius 1 is 1.38 bits per heavy atom. The average Bonchev–Trinajstić information content (AvgIpc) is 3.01. The second-order valence-corrected chi connectivity index (χ2v) is 8.12. The minimum Gasteiger partial charge on any atom is -0.619 e. The third-order valence-corrected chi connectivity index (χ3v) is 5.93. The minimum atomic E-state index is -0.491. The fourth-order valence-electron chi connectivity index (χ4n) is 4.17. The SMILES string of the molecule is O=C(N[C@@]12C[C@@H]1CN(C(=O)c1cc3c(F)cc(Cl)cc3[nH]1)C2)c1ccc[n+]([O-])c1. The van der Waals surface area contributed by atoms with Crippen LogP contribution in [0.1, 0.15) is 27.3 Å². The van der Waals surface area contributed by atoms with Crippen molar-refractivity contribution in [2.24, 2.45) is 5.92 Å². The number of carbonyl (C=O) groups excluding carboxylic acids is 2. The Morgan fingerprint density at radius 2 is 2.21 bits per heavy atom. The van der Waals surface area contributed by atoms with Crippen LogP contribution in [0, 0.1) is 16.9 Å². The first-order valence-corrected chi connectivity index (χ1v) is 9.51. The van der Waals surface area contributed by atoms with Crippen molar-refractivity contribution in [1.29, 1.82) is 0 Å². The van der Waals surface area contributed by atoms with E-state index in [1.807, 2.05) is 0 Å². The maximum absolute atomic E-state index is 14.1. The number of amides is 2. The van der Waals surface area contributed by atoms with E-state index in [-0.39, 0.29) is 34.0 Å². The number of fused-ring (bicyclic) bond motifs is 2. The van der Waals surface area contributed by atoms with Crippen molar-refractivity contribution in [3.8, 4) is 0 Å². The van der Waals surface area contributed by atoms with E-state index in [9.17, 15) is 19.2 Å². The first-order valence-electron chi connectivity index (χ1n) is 9.13. The van der Waals surface area contributed by atoms with Crippen molar-refractivity contribution in [3.05, 3.63) is 70.0 Å². The zero-order valence-corrected chi connectivity index (χ0v) is 15.9. The summed E-state index contributed by atoms with van der Waals surface area (Å²) in [5.74, 6) is -0.924. The molecule has 2 aromatic heterocycles. The minimum absolute atomic E-state index is 0.161. The molecule has 1 saturated heterocycles. The Kier molecular flexibility index (Phi) is 3.82. The molecule has 5 rings (SSSR count). The van der Waals surface area contributed by atoms with E-state index >= 15 is 0 Å². The van der Waals surface area contributed by atoms with E-state index in [2.05, 4.69) is 10.3 Å². The summed E-state index contributed by atoms with van der Waals surface area (Å²) < 4.78 is 14.6. The van der Waals surface area contributed by atoms with Gasteiger partial charge in [0.25, 0.3) is 11.8 Å². The fraction of sp³-hybridized carbons (Fsp3) is 0.250. The van der Waals surface area contributed by atoms with Gasteiger partial charge in [-0.2, -0.15) is 4.73 Å². The monoisotopic (exact) mass is 414 g/mol.